The minimum Gasteiger partial charge on any atom is -0.482 e. The summed E-state index contributed by atoms with van der Waals surface area (Å²) < 4.78 is 35.6. The van der Waals surface area contributed by atoms with E-state index in [1.165, 1.54) is 0 Å². The molecule has 17 heavy (non-hydrogen) atoms. The van der Waals surface area contributed by atoms with E-state index in [2.05, 4.69) is 0 Å². The SMILES string of the molecule is NC(=O)COc1cc(S(=O)(=O)O)c(Cl)cc1N. The summed E-state index contributed by atoms with van der Waals surface area (Å²) in [5.74, 6) is -0.867. The predicted octanol–water partition coefficient (Wildman–Crippen LogP) is 0.0330. The van der Waals surface area contributed by atoms with Gasteiger partial charge in [-0.1, -0.05) is 11.6 Å². The molecule has 1 rings (SSSR count). The summed E-state index contributed by atoms with van der Waals surface area (Å²) in [6.45, 7) is -0.475. The molecule has 1 aromatic rings. The summed E-state index contributed by atoms with van der Waals surface area (Å²) in [6, 6.07) is 2.00. The van der Waals surface area contributed by atoms with E-state index in [-0.39, 0.29) is 16.5 Å². The summed E-state index contributed by atoms with van der Waals surface area (Å²) in [5.41, 5.74) is 10.3. The van der Waals surface area contributed by atoms with Gasteiger partial charge in [-0.3, -0.25) is 9.35 Å². The summed E-state index contributed by atoms with van der Waals surface area (Å²) in [4.78, 5) is 9.93. The molecule has 0 unspecified atom stereocenters. The quantitative estimate of drug-likeness (QED) is 0.526. The number of carbonyl (C=O) groups is 1. The van der Waals surface area contributed by atoms with Crippen LogP contribution in [0, 0.1) is 0 Å². The third-order valence-electron chi connectivity index (χ3n) is 1.71. The Morgan fingerprint density at radius 2 is 2.06 bits per heavy atom. The van der Waals surface area contributed by atoms with Crippen LogP contribution in [-0.4, -0.2) is 25.5 Å². The lowest BCUT2D eigenvalue weighted by atomic mass is 10.3. The van der Waals surface area contributed by atoms with Gasteiger partial charge in [0.05, 0.1) is 10.7 Å². The molecular formula is C8H9ClN2O5S. The van der Waals surface area contributed by atoms with Gasteiger partial charge in [0.25, 0.3) is 16.0 Å². The molecule has 9 heteroatoms. The van der Waals surface area contributed by atoms with Gasteiger partial charge in [0, 0.05) is 6.07 Å². The average Bonchev–Trinajstić information content (AvgIpc) is 2.13. The third-order valence-corrected chi connectivity index (χ3v) is 3.03. The molecule has 7 nitrogen and oxygen atoms in total. The molecule has 0 spiro atoms. The fraction of sp³-hybridized carbons (Fsp3) is 0.125. The lowest BCUT2D eigenvalue weighted by Crippen LogP contribution is -2.20. The van der Waals surface area contributed by atoms with Crippen LogP contribution in [0.5, 0.6) is 5.75 Å². The van der Waals surface area contributed by atoms with Crippen molar-refractivity contribution >= 4 is 33.3 Å². The van der Waals surface area contributed by atoms with Crippen molar-refractivity contribution < 1.29 is 22.5 Å². The van der Waals surface area contributed by atoms with E-state index in [1.807, 2.05) is 0 Å². The number of nitrogens with two attached hydrogens (primary N) is 2. The zero-order chi connectivity index (χ0) is 13.2. The van der Waals surface area contributed by atoms with E-state index in [4.69, 9.17) is 32.4 Å². The second-order valence-electron chi connectivity index (χ2n) is 3.05. The van der Waals surface area contributed by atoms with E-state index in [9.17, 15) is 13.2 Å². The number of hydrogen-bond acceptors (Lipinski definition) is 5. The molecule has 0 aliphatic rings. The molecule has 0 heterocycles. The Hall–Kier alpha value is -1.51. The second kappa shape index (κ2) is 4.78. The highest BCUT2D eigenvalue weighted by molar-refractivity contribution is 7.86. The summed E-state index contributed by atoms with van der Waals surface area (Å²) in [7, 11) is -4.49. The molecule has 0 saturated heterocycles. The molecule has 0 radical (unpaired) electrons. The maximum Gasteiger partial charge on any atom is 0.296 e. The number of primary amides is 1. The van der Waals surface area contributed by atoms with Crippen LogP contribution < -0.4 is 16.2 Å². The highest BCUT2D eigenvalue weighted by atomic mass is 35.5. The lowest BCUT2D eigenvalue weighted by Gasteiger charge is -2.09. The Labute approximate surface area is 102 Å². The molecule has 0 bridgehead atoms. The topological polar surface area (TPSA) is 133 Å². The first-order valence-corrected chi connectivity index (χ1v) is 6.01. The number of anilines is 1. The van der Waals surface area contributed by atoms with Gasteiger partial charge in [0.1, 0.15) is 10.6 Å². The fourth-order valence-corrected chi connectivity index (χ4v) is 2.05. The molecule has 0 aromatic heterocycles. The Morgan fingerprint density at radius 1 is 1.47 bits per heavy atom. The maximum absolute atomic E-state index is 10.9. The predicted molar refractivity (Wildman–Crippen MR) is 60.4 cm³/mol. The number of hydrogen-bond donors (Lipinski definition) is 3. The van der Waals surface area contributed by atoms with Crippen molar-refractivity contribution in [2.75, 3.05) is 12.3 Å². The normalized spacial score (nSPS) is 11.2. The van der Waals surface area contributed by atoms with Crippen molar-refractivity contribution in [2.45, 2.75) is 4.90 Å². The first-order chi connectivity index (χ1) is 7.71. The van der Waals surface area contributed by atoms with Crippen molar-refractivity contribution in [2.24, 2.45) is 5.73 Å². The first-order valence-electron chi connectivity index (χ1n) is 4.19. The van der Waals surface area contributed by atoms with Crippen molar-refractivity contribution in [3.05, 3.63) is 17.2 Å². The number of nitrogen functional groups attached to an aromatic ring is 1. The molecule has 0 aliphatic heterocycles. The van der Waals surface area contributed by atoms with Gasteiger partial charge in [-0.05, 0) is 6.07 Å². The minimum absolute atomic E-state index is 0.0173. The molecule has 0 saturated carbocycles. The fourth-order valence-electron chi connectivity index (χ4n) is 1.02. The standard InChI is InChI=1S/C8H9ClN2O5S/c9-4-1-5(10)6(16-3-8(11)12)2-7(4)17(13,14)15/h1-2H,3,10H2,(H2,11,12)(H,13,14,15). The molecule has 5 N–H and O–H groups in total. The smallest absolute Gasteiger partial charge is 0.296 e. The van der Waals surface area contributed by atoms with Crippen molar-refractivity contribution in [3.8, 4) is 5.75 Å². The van der Waals surface area contributed by atoms with Gasteiger partial charge >= 0.3 is 0 Å². The first kappa shape index (κ1) is 13.6. The van der Waals surface area contributed by atoms with Gasteiger partial charge < -0.3 is 16.2 Å². The Bertz CT molecular complexity index is 557. The van der Waals surface area contributed by atoms with Gasteiger partial charge in [0.15, 0.2) is 6.61 Å². The summed E-state index contributed by atoms with van der Waals surface area (Å²) in [6.07, 6.45) is 0. The summed E-state index contributed by atoms with van der Waals surface area (Å²) >= 11 is 5.58. The highest BCUT2D eigenvalue weighted by Gasteiger charge is 2.18. The van der Waals surface area contributed by atoms with E-state index in [0.29, 0.717) is 0 Å². The van der Waals surface area contributed by atoms with E-state index >= 15 is 0 Å². The largest absolute Gasteiger partial charge is 0.482 e. The van der Waals surface area contributed by atoms with Crippen molar-refractivity contribution in [3.63, 3.8) is 0 Å². The Balaban J connectivity index is 3.20. The van der Waals surface area contributed by atoms with Gasteiger partial charge in [-0.2, -0.15) is 8.42 Å². The summed E-state index contributed by atoms with van der Waals surface area (Å²) in [5, 5.41) is -0.253. The van der Waals surface area contributed by atoms with Crippen molar-refractivity contribution in [1.29, 1.82) is 0 Å². The van der Waals surface area contributed by atoms with Crippen LogP contribution in [0.4, 0.5) is 5.69 Å². The molecule has 1 amide bonds. The monoisotopic (exact) mass is 280 g/mol. The molecule has 94 valence electrons. The number of benzene rings is 1. The number of halogens is 1. The second-order valence-corrected chi connectivity index (χ2v) is 4.85. The van der Waals surface area contributed by atoms with Crippen LogP contribution in [0.3, 0.4) is 0 Å². The number of rotatable bonds is 4. The lowest BCUT2D eigenvalue weighted by molar-refractivity contribution is -0.119. The molecule has 1 aromatic carbocycles. The molecular weight excluding hydrogens is 272 g/mol. The number of amides is 1. The van der Waals surface area contributed by atoms with Crippen LogP contribution in [0.25, 0.3) is 0 Å². The van der Waals surface area contributed by atoms with Crippen molar-refractivity contribution in [1.82, 2.24) is 0 Å². The zero-order valence-electron chi connectivity index (χ0n) is 8.38. The third kappa shape index (κ3) is 3.48. The van der Waals surface area contributed by atoms with Crippen LogP contribution >= 0.6 is 11.6 Å². The van der Waals surface area contributed by atoms with Crippen LogP contribution in [0.1, 0.15) is 0 Å². The van der Waals surface area contributed by atoms with E-state index in [0.717, 1.165) is 12.1 Å². The van der Waals surface area contributed by atoms with Gasteiger partial charge in [-0.25, -0.2) is 0 Å². The van der Waals surface area contributed by atoms with Crippen LogP contribution in [0.15, 0.2) is 17.0 Å². The highest BCUT2D eigenvalue weighted by Crippen LogP contribution is 2.31. The maximum atomic E-state index is 10.9. The molecule has 0 fully saturated rings. The average molecular weight is 281 g/mol. The van der Waals surface area contributed by atoms with Gasteiger partial charge in [0.2, 0.25) is 0 Å². The molecule has 0 atom stereocenters. The molecule has 0 aliphatic carbocycles. The number of carbonyl (C=O) groups excluding carboxylic acids is 1. The van der Waals surface area contributed by atoms with Crippen LogP contribution in [0.2, 0.25) is 5.02 Å². The van der Waals surface area contributed by atoms with Gasteiger partial charge in [-0.15, -0.1) is 0 Å². The Kier molecular flexibility index (Phi) is 3.81. The van der Waals surface area contributed by atoms with Crippen LogP contribution in [-0.2, 0) is 14.9 Å². The zero-order valence-corrected chi connectivity index (χ0v) is 9.96. The van der Waals surface area contributed by atoms with E-state index < -0.39 is 27.5 Å². The van der Waals surface area contributed by atoms with E-state index in [1.54, 1.807) is 0 Å². The minimum atomic E-state index is -4.49. The number of ether oxygens (including phenoxy) is 1. The Morgan fingerprint density at radius 3 is 2.53 bits per heavy atom.